The molecule has 7 heteroatoms. The van der Waals surface area contributed by atoms with E-state index in [1.54, 1.807) is 26.8 Å². The van der Waals surface area contributed by atoms with Crippen molar-refractivity contribution in [2.75, 3.05) is 6.61 Å². The first-order valence-electron chi connectivity index (χ1n) is 8.71. The van der Waals surface area contributed by atoms with Crippen LogP contribution in [0.2, 0.25) is 0 Å². The van der Waals surface area contributed by atoms with Gasteiger partial charge < -0.3 is 19.3 Å². The summed E-state index contributed by atoms with van der Waals surface area (Å²) in [6, 6.07) is 0. The van der Waals surface area contributed by atoms with Crippen LogP contribution in [-0.4, -0.2) is 47.2 Å². The minimum atomic E-state index is -1.28. The highest BCUT2D eigenvalue weighted by Crippen LogP contribution is 2.42. The Morgan fingerprint density at radius 3 is 2.81 bits per heavy atom. The minimum absolute atomic E-state index is 0.0257. The van der Waals surface area contributed by atoms with E-state index in [2.05, 4.69) is 6.58 Å². The van der Waals surface area contributed by atoms with Gasteiger partial charge in [-0.25, -0.2) is 9.59 Å². The van der Waals surface area contributed by atoms with Crippen LogP contribution in [0.1, 0.15) is 27.2 Å². The van der Waals surface area contributed by atoms with E-state index >= 15 is 0 Å². The highest BCUT2D eigenvalue weighted by molar-refractivity contribution is 6.00. The molecule has 3 aliphatic rings. The minimum Gasteiger partial charge on any atom is -0.479 e. The SMILES string of the molecule is C=C1C(=O)O[C@H]2/C=C(/CO)C3=CC(=O)[C@@](C)(C[C@@H](OC(=O)/C(C)=C/C)[C@@H]12)O3. The lowest BCUT2D eigenvalue weighted by Crippen LogP contribution is -2.42. The average Bonchev–Trinajstić information content (AvgIpc) is 3.08. The molecular weight excluding hydrogens is 352 g/mol. The molecule has 0 aromatic carbocycles. The monoisotopic (exact) mass is 374 g/mol. The van der Waals surface area contributed by atoms with E-state index < -0.39 is 42.3 Å². The molecule has 27 heavy (non-hydrogen) atoms. The predicted molar refractivity (Wildman–Crippen MR) is 94.2 cm³/mol. The Labute approximate surface area is 157 Å². The van der Waals surface area contributed by atoms with E-state index in [4.69, 9.17) is 14.2 Å². The van der Waals surface area contributed by atoms with Gasteiger partial charge in [-0.05, 0) is 26.8 Å². The van der Waals surface area contributed by atoms with Crippen LogP contribution < -0.4 is 0 Å². The Hall–Kier alpha value is -2.67. The Morgan fingerprint density at radius 1 is 1.48 bits per heavy atom. The summed E-state index contributed by atoms with van der Waals surface area (Å²) in [4.78, 5) is 37.0. The van der Waals surface area contributed by atoms with Gasteiger partial charge in [0.05, 0.1) is 12.5 Å². The maximum atomic E-state index is 12.5. The topological polar surface area (TPSA) is 99.1 Å². The highest BCUT2D eigenvalue weighted by Gasteiger charge is 2.52. The van der Waals surface area contributed by atoms with Gasteiger partial charge in [-0.1, -0.05) is 12.7 Å². The number of allylic oxidation sites excluding steroid dienone is 1. The van der Waals surface area contributed by atoms with Crippen LogP contribution >= 0.6 is 0 Å². The Bertz CT molecular complexity index is 816. The summed E-state index contributed by atoms with van der Waals surface area (Å²) in [5.74, 6) is -1.90. The van der Waals surface area contributed by atoms with Gasteiger partial charge in [0.1, 0.15) is 18.0 Å². The van der Waals surface area contributed by atoms with E-state index in [9.17, 15) is 19.5 Å². The molecule has 4 atom stereocenters. The lowest BCUT2D eigenvalue weighted by atomic mass is 9.82. The van der Waals surface area contributed by atoms with E-state index in [0.29, 0.717) is 11.1 Å². The fourth-order valence-electron chi connectivity index (χ4n) is 3.46. The van der Waals surface area contributed by atoms with Crippen molar-refractivity contribution in [1.29, 1.82) is 0 Å². The van der Waals surface area contributed by atoms with Gasteiger partial charge in [0.2, 0.25) is 5.78 Å². The van der Waals surface area contributed by atoms with Gasteiger partial charge in [-0.15, -0.1) is 0 Å². The molecular formula is C20H22O7. The molecule has 1 N–H and O–H groups in total. The van der Waals surface area contributed by atoms with Crippen LogP contribution in [0, 0.1) is 5.92 Å². The van der Waals surface area contributed by atoms with Gasteiger partial charge >= 0.3 is 11.9 Å². The van der Waals surface area contributed by atoms with E-state index in [0.717, 1.165) is 0 Å². The van der Waals surface area contributed by atoms with Gasteiger partial charge in [0, 0.05) is 29.2 Å². The van der Waals surface area contributed by atoms with Gasteiger partial charge in [-0.3, -0.25) is 4.79 Å². The van der Waals surface area contributed by atoms with Crippen molar-refractivity contribution in [3.63, 3.8) is 0 Å². The Morgan fingerprint density at radius 2 is 2.19 bits per heavy atom. The molecule has 0 unspecified atom stereocenters. The van der Waals surface area contributed by atoms with Crippen LogP contribution in [0.15, 0.2) is 47.3 Å². The lowest BCUT2D eigenvalue weighted by molar-refractivity contribution is -0.153. The second kappa shape index (κ2) is 6.81. The fourth-order valence-corrected chi connectivity index (χ4v) is 3.46. The largest absolute Gasteiger partial charge is 0.479 e. The molecule has 3 aliphatic heterocycles. The second-order valence-corrected chi connectivity index (χ2v) is 7.10. The van der Waals surface area contributed by atoms with Crippen LogP contribution in [0.3, 0.4) is 0 Å². The second-order valence-electron chi connectivity index (χ2n) is 7.10. The predicted octanol–water partition coefficient (Wildman–Crippen LogP) is 1.53. The third-order valence-corrected chi connectivity index (χ3v) is 5.24. The standard InChI is InChI=1S/C20H22O7/c1-5-10(2)18(23)26-15-8-20(4)16(22)7-13(27-20)12(9-21)6-14-17(15)11(3)19(24)25-14/h5-7,14-15,17,21H,3,8-9H2,1-2,4H3/b10-5+,12-6-/t14-,15+,17-,20+/m0/s1. The van der Waals surface area contributed by atoms with Crippen molar-refractivity contribution in [1.82, 2.24) is 0 Å². The summed E-state index contributed by atoms with van der Waals surface area (Å²) in [6.07, 6.45) is 2.83. The van der Waals surface area contributed by atoms with E-state index in [-0.39, 0.29) is 23.5 Å². The van der Waals surface area contributed by atoms with E-state index in [1.165, 1.54) is 12.2 Å². The quantitative estimate of drug-likeness (QED) is 0.591. The van der Waals surface area contributed by atoms with Crippen molar-refractivity contribution >= 4 is 17.7 Å². The first-order valence-corrected chi connectivity index (χ1v) is 8.71. The number of ether oxygens (including phenoxy) is 3. The van der Waals surface area contributed by atoms with Crippen LogP contribution in [-0.2, 0) is 28.6 Å². The van der Waals surface area contributed by atoms with E-state index in [1.807, 2.05) is 0 Å². The molecule has 1 saturated heterocycles. The van der Waals surface area contributed by atoms with Crippen molar-refractivity contribution in [3.05, 3.63) is 47.3 Å². The van der Waals surface area contributed by atoms with Crippen molar-refractivity contribution in [2.45, 2.75) is 45.0 Å². The molecule has 0 saturated carbocycles. The molecule has 3 heterocycles. The molecule has 7 nitrogen and oxygen atoms in total. The first-order chi connectivity index (χ1) is 12.7. The normalized spacial score (nSPS) is 35.0. The number of rotatable bonds is 3. The van der Waals surface area contributed by atoms with Crippen LogP contribution in [0.4, 0.5) is 0 Å². The summed E-state index contributed by atoms with van der Waals surface area (Å²) in [7, 11) is 0. The first kappa shape index (κ1) is 19.1. The smallest absolute Gasteiger partial charge is 0.334 e. The average molecular weight is 374 g/mol. The number of aliphatic hydroxyl groups excluding tert-OH is 1. The zero-order valence-electron chi connectivity index (χ0n) is 15.5. The molecule has 0 aromatic heterocycles. The van der Waals surface area contributed by atoms with Crippen LogP contribution in [0.5, 0.6) is 0 Å². The number of carbonyl (C=O) groups is 3. The molecule has 0 radical (unpaired) electrons. The fraction of sp³-hybridized carbons (Fsp3) is 0.450. The summed E-state index contributed by atoms with van der Waals surface area (Å²) < 4.78 is 16.8. The number of aliphatic hydroxyl groups is 1. The van der Waals surface area contributed by atoms with Gasteiger partial charge in [0.15, 0.2) is 5.60 Å². The number of hydrogen-bond acceptors (Lipinski definition) is 7. The summed E-state index contributed by atoms with van der Waals surface area (Å²) in [5, 5.41) is 9.70. The molecule has 0 aliphatic carbocycles. The summed E-state index contributed by atoms with van der Waals surface area (Å²) >= 11 is 0. The molecule has 0 aromatic rings. The Balaban J connectivity index is 2.07. The zero-order valence-corrected chi connectivity index (χ0v) is 15.5. The zero-order chi connectivity index (χ0) is 19.9. The molecule has 0 amide bonds. The number of hydrogen-bond donors (Lipinski definition) is 1. The van der Waals surface area contributed by atoms with Gasteiger partial charge in [-0.2, -0.15) is 0 Å². The third-order valence-electron chi connectivity index (χ3n) is 5.24. The molecule has 1 fully saturated rings. The van der Waals surface area contributed by atoms with Crippen molar-refractivity contribution in [2.24, 2.45) is 5.92 Å². The number of carbonyl (C=O) groups excluding carboxylic acids is 3. The van der Waals surface area contributed by atoms with Crippen molar-refractivity contribution < 1.29 is 33.7 Å². The molecule has 2 bridgehead atoms. The van der Waals surface area contributed by atoms with Crippen molar-refractivity contribution in [3.8, 4) is 0 Å². The molecule has 144 valence electrons. The number of ketones is 1. The number of esters is 2. The van der Waals surface area contributed by atoms with Crippen LogP contribution in [0.25, 0.3) is 0 Å². The summed E-state index contributed by atoms with van der Waals surface area (Å²) in [6.45, 7) is 8.31. The molecule has 3 rings (SSSR count). The highest BCUT2D eigenvalue weighted by atomic mass is 16.6. The van der Waals surface area contributed by atoms with Gasteiger partial charge in [0.25, 0.3) is 0 Å². The number of fused-ring (bicyclic) bond motifs is 3. The molecule has 0 spiro atoms. The Kier molecular flexibility index (Phi) is 4.82. The summed E-state index contributed by atoms with van der Waals surface area (Å²) in [5.41, 5.74) is -0.385. The lowest BCUT2D eigenvalue weighted by Gasteiger charge is -2.31. The maximum Gasteiger partial charge on any atom is 0.334 e. The third kappa shape index (κ3) is 3.23. The maximum absolute atomic E-state index is 12.5.